The molecule has 1 atom stereocenters. The summed E-state index contributed by atoms with van der Waals surface area (Å²) in [6.45, 7) is 3.35. The average molecular weight is 408 g/mol. The van der Waals surface area contributed by atoms with E-state index in [1.165, 1.54) is 42.1 Å². The SMILES string of the molecule is COc1ccc(CCC(Cn2ccnc2)Sc2ccc(N3CCCC3)cc2)cc1. The Morgan fingerprint density at radius 3 is 2.45 bits per heavy atom. The smallest absolute Gasteiger partial charge is 0.118 e. The third-order valence-electron chi connectivity index (χ3n) is 5.50. The summed E-state index contributed by atoms with van der Waals surface area (Å²) in [7, 11) is 1.71. The molecule has 0 aliphatic carbocycles. The first-order chi connectivity index (χ1) is 14.3. The van der Waals surface area contributed by atoms with Gasteiger partial charge in [-0.25, -0.2) is 4.98 Å². The van der Waals surface area contributed by atoms with Gasteiger partial charge in [0.25, 0.3) is 0 Å². The number of imidazole rings is 1. The van der Waals surface area contributed by atoms with Crippen molar-refractivity contribution in [1.29, 1.82) is 0 Å². The lowest BCUT2D eigenvalue weighted by Gasteiger charge is -2.20. The van der Waals surface area contributed by atoms with E-state index in [0.29, 0.717) is 5.25 Å². The Bertz CT molecular complexity index is 856. The van der Waals surface area contributed by atoms with Crippen LogP contribution in [0.3, 0.4) is 0 Å². The van der Waals surface area contributed by atoms with Crippen molar-refractivity contribution in [2.75, 3.05) is 25.1 Å². The summed E-state index contributed by atoms with van der Waals surface area (Å²) in [5.74, 6) is 0.913. The first-order valence-corrected chi connectivity index (χ1v) is 11.3. The molecule has 1 aromatic heterocycles. The molecule has 0 bridgehead atoms. The minimum Gasteiger partial charge on any atom is -0.497 e. The Labute approximate surface area is 177 Å². The van der Waals surface area contributed by atoms with E-state index in [9.17, 15) is 0 Å². The van der Waals surface area contributed by atoms with Gasteiger partial charge >= 0.3 is 0 Å². The van der Waals surface area contributed by atoms with Gasteiger partial charge in [-0.3, -0.25) is 0 Å². The number of benzene rings is 2. The second kappa shape index (κ2) is 9.88. The lowest BCUT2D eigenvalue weighted by molar-refractivity contribution is 0.414. The molecule has 0 amide bonds. The van der Waals surface area contributed by atoms with E-state index < -0.39 is 0 Å². The first kappa shape index (κ1) is 19.9. The lowest BCUT2D eigenvalue weighted by Crippen LogP contribution is -2.17. The fourth-order valence-electron chi connectivity index (χ4n) is 3.84. The number of ether oxygens (including phenoxy) is 1. The van der Waals surface area contributed by atoms with Crippen molar-refractivity contribution in [2.45, 2.75) is 42.4 Å². The Hall–Kier alpha value is -2.40. The Morgan fingerprint density at radius 1 is 1.03 bits per heavy atom. The van der Waals surface area contributed by atoms with Gasteiger partial charge in [0.05, 0.1) is 13.4 Å². The summed E-state index contributed by atoms with van der Waals surface area (Å²) in [5.41, 5.74) is 2.71. The van der Waals surface area contributed by atoms with Crippen molar-refractivity contribution in [3.05, 3.63) is 72.8 Å². The maximum Gasteiger partial charge on any atom is 0.118 e. The zero-order valence-corrected chi connectivity index (χ0v) is 17.9. The fourth-order valence-corrected chi connectivity index (χ4v) is 5.00. The molecule has 1 unspecified atom stereocenters. The molecule has 2 heterocycles. The van der Waals surface area contributed by atoms with Gasteiger partial charge in [-0.15, -0.1) is 11.8 Å². The van der Waals surface area contributed by atoms with Crippen molar-refractivity contribution < 1.29 is 4.74 Å². The molecule has 0 saturated carbocycles. The summed E-state index contributed by atoms with van der Waals surface area (Å²) < 4.78 is 7.46. The van der Waals surface area contributed by atoms with Gasteiger partial charge in [0.1, 0.15) is 5.75 Å². The first-order valence-electron chi connectivity index (χ1n) is 10.4. The van der Waals surface area contributed by atoms with Crippen molar-refractivity contribution >= 4 is 17.4 Å². The van der Waals surface area contributed by atoms with Crippen LogP contribution in [0, 0.1) is 0 Å². The maximum atomic E-state index is 5.27. The Morgan fingerprint density at radius 2 is 1.79 bits per heavy atom. The number of thioether (sulfide) groups is 1. The van der Waals surface area contributed by atoms with Crippen molar-refractivity contribution in [2.24, 2.45) is 0 Å². The minimum atomic E-state index is 0.490. The fraction of sp³-hybridized carbons (Fsp3) is 0.375. The van der Waals surface area contributed by atoms with Crippen LogP contribution < -0.4 is 9.64 Å². The van der Waals surface area contributed by atoms with Crippen molar-refractivity contribution in [3.8, 4) is 5.75 Å². The number of methoxy groups -OCH3 is 1. The number of aromatic nitrogens is 2. The van der Waals surface area contributed by atoms with E-state index in [1.807, 2.05) is 36.4 Å². The van der Waals surface area contributed by atoms with E-state index in [-0.39, 0.29) is 0 Å². The van der Waals surface area contributed by atoms with Crippen molar-refractivity contribution in [1.82, 2.24) is 9.55 Å². The minimum absolute atomic E-state index is 0.490. The summed E-state index contributed by atoms with van der Waals surface area (Å²) in [6, 6.07) is 17.6. The summed E-state index contributed by atoms with van der Waals surface area (Å²) in [4.78, 5) is 8.04. The molecule has 2 aromatic carbocycles. The third kappa shape index (κ3) is 5.57. The summed E-state index contributed by atoms with van der Waals surface area (Å²) >= 11 is 1.97. The number of rotatable bonds is 9. The van der Waals surface area contributed by atoms with Crippen LogP contribution in [0.1, 0.15) is 24.8 Å². The highest BCUT2D eigenvalue weighted by atomic mass is 32.2. The van der Waals surface area contributed by atoms with E-state index in [4.69, 9.17) is 4.74 Å². The van der Waals surface area contributed by atoms with Crippen LogP contribution in [-0.4, -0.2) is 35.0 Å². The van der Waals surface area contributed by atoms with Gasteiger partial charge < -0.3 is 14.2 Å². The molecule has 4 nitrogen and oxygen atoms in total. The van der Waals surface area contributed by atoms with Crippen LogP contribution in [0.15, 0.2) is 72.1 Å². The molecule has 5 heteroatoms. The van der Waals surface area contributed by atoms with Crippen LogP contribution >= 0.6 is 11.8 Å². The molecule has 1 aliphatic rings. The quantitative estimate of drug-likeness (QED) is 0.451. The van der Waals surface area contributed by atoms with Crippen LogP contribution in [0.5, 0.6) is 5.75 Å². The number of anilines is 1. The highest BCUT2D eigenvalue weighted by Crippen LogP contribution is 2.30. The molecular weight excluding hydrogens is 378 g/mol. The van der Waals surface area contributed by atoms with Gasteiger partial charge in [0, 0.05) is 47.9 Å². The molecule has 152 valence electrons. The van der Waals surface area contributed by atoms with Gasteiger partial charge in [0.15, 0.2) is 0 Å². The molecule has 1 fully saturated rings. The standard InChI is InChI=1S/C24H29N3OS/c1-28-22-9-4-20(5-10-22)6-11-24(18-26-17-14-25-19-26)29-23-12-7-21(8-13-23)27-15-2-3-16-27/h4-5,7-10,12-14,17,19,24H,2-3,6,11,15-16,18H2,1H3. The predicted octanol–water partition coefficient (Wildman–Crippen LogP) is 5.29. The van der Waals surface area contributed by atoms with Crippen molar-refractivity contribution in [3.63, 3.8) is 0 Å². The second-order valence-corrected chi connectivity index (χ2v) is 8.95. The molecule has 1 aliphatic heterocycles. The predicted molar refractivity (Wildman–Crippen MR) is 121 cm³/mol. The summed E-state index contributed by atoms with van der Waals surface area (Å²) in [6.07, 6.45) is 10.6. The summed E-state index contributed by atoms with van der Waals surface area (Å²) in [5, 5.41) is 0.490. The zero-order chi connectivity index (χ0) is 19.9. The van der Waals surface area contributed by atoms with Crippen LogP contribution in [0.4, 0.5) is 5.69 Å². The van der Waals surface area contributed by atoms with Gasteiger partial charge in [-0.2, -0.15) is 0 Å². The van der Waals surface area contributed by atoms with E-state index in [2.05, 4.69) is 57.0 Å². The highest BCUT2D eigenvalue weighted by molar-refractivity contribution is 8.00. The van der Waals surface area contributed by atoms with Crippen LogP contribution in [0.2, 0.25) is 0 Å². The number of aryl methyl sites for hydroxylation is 1. The van der Waals surface area contributed by atoms with Gasteiger partial charge in [-0.1, -0.05) is 12.1 Å². The topological polar surface area (TPSA) is 30.3 Å². The third-order valence-corrected chi connectivity index (χ3v) is 6.76. The molecule has 0 spiro atoms. The molecule has 29 heavy (non-hydrogen) atoms. The largest absolute Gasteiger partial charge is 0.497 e. The molecular formula is C24H29N3OS. The van der Waals surface area contributed by atoms with Crippen LogP contribution in [-0.2, 0) is 13.0 Å². The van der Waals surface area contributed by atoms with E-state index in [1.54, 1.807) is 7.11 Å². The van der Waals surface area contributed by atoms with Crippen LogP contribution in [0.25, 0.3) is 0 Å². The molecule has 3 aromatic rings. The molecule has 0 radical (unpaired) electrons. The van der Waals surface area contributed by atoms with E-state index in [0.717, 1.165) is 25.1 Å². The Balaban J connectivity index is 1.40. The zero-order valence-electron chi connectivity index (χ0n) is 17.0. The normalized spacial score (nSPS) is 14.9. The highest BCUT2D eigenvalue weighted by Gasteiger charge is 2.15. The Kier molecular flexibility index (Phi) is 6.78. The number of hydrogen-bond donors (Lipinski definition) is 0. The molecule has 0 N–H and O–H groups in total. The molecule has 4 rings (SSSR count). The van der Waals surface area contributed by atoms with Gasteiger partial charge in [0.2, 0.25) is 0 Å². The second-order valence-electron chi connectivity index (χ2n) is 7.57. The monoisotopic (exact) mass is 407 g/mol. The number of hydrogen-bond acceptors (Lipinski definition) is 4. The maximum absolute atomic E-state index is 5.27. The van der Waals surface area contributed by atoms with Gasteiger partial charge in [-0.05, 0) is 67.6 Å². The number of nitrogens with zero attached hydrogens (tertiary/aromatic N) is 3. The average Bonchev–Trinajstić information content (AvgIpc) is 3.47. The van der Waals surface area contributed by atoms with E-state index >= 15 is 0 Å². The lowest BCUT2D eigenvalue weighted by atomic mass is 10.1. The molecule has 1 saturated heterocycles.